The van der Waals surface area contributed by atoms with Crippen LogP contribution >= 0.6 is 0 Å². The van der Waals surface area contributed by atoms with Crippen LogP contribution in [-0.4, -0.2) is 45.9 Å². The number of carbonyl (C=O) groups excluding carboxylic acids is 1. The largest absolute Gasteiger partial charge is 0.508 e. The molecule has 7 atom stereocenters. The van der Waals surface area contributed by atoms with E-state index in [-0.39, 0.29) is 28.9 Å². The second-order valence-electron chi connectivity index (χ2n) is 14.6. The van der Waals surface area contributed by atoms with Crippen LogP contribution in [0.2, 0.25) is 0 Å². The number of fused-ring (bicyclic) bond motifs is 5. The lowest BCUT2D eigenvalue weighted by molar-refractivity contribution is -0.0722. The van der Waals surface area contributed by atoms with E-state index in [1.54, 1.807) is 30.3 Å². The van der Waals surface area contributed by atoms with E-state index in [1.165, 1.54) is 19.3 Å². The van der Waals surface area contributed by atoms with E-state index in [2.05, 4.69) is 17.9 Å². The molecule has 0 saturated heterocycles. The molecule has 2 N–H and O–H groups in total. The lowest BCUT2D eigenvalue weighted by Crippen LogP contribution is -2.51. The molecule has 1 amide bonds. The summed E-state index contributed by atoms with van der Waals surface area (Å²) in [6.45, 7) is 2.88. The second kappa shape index (κ2) is 13.2. The van der Waals surface area contributed by atoms with Crippen LogP contribution in [0.5, 0.6) is 5.75 Å². The first-order chi connectivity index (χ1) is 21.3. The van der Waals surface area contributed by atoms with Gasteiger partial charge in [0.05, 0.1) is 17.7 Å². The maximum atomic E-state index is 16.1. The first-order valence-corrected chi connectivity index (χ1v) is 17.2. The molecule has 3 saturated carbocycles. The number of halogens is 1. The minimum absolute atomic E-state index is 0.0800. The Morgan fingerprint density at radius 1 is 1.02 bits per heavy atom. The van der Waals surface area contributed by atoms with Crippen LogP contribution in [-0.2, 0) is 6.42 Å². The number of rotatable bonds is 9. The normalized spacial score (nSPS) is 31.4. The fourth-order valence-corrected chi connectivity index (χ4v) is 9.77. The lowest BCUT2D eigenvalue weighted by atomic mass is 9.51. The molecule has 0 aromatic heterocycles. The first kappa shape index (κ1) is 31.1. The molecule has 6 heteroatoms. The van der Waals surface area contributed by atoms with E-state index >= 15 is 4.39 Å². The molecule has 4 aliphatic rings. The maximum absolute atomic E-state index is 16.1. The third-order valence-corrected chi connectivity index (χ3v) is 12.0. The van der Waals surface area contributed by atoms with Crippen LogP contribution < -0.4 is 0 Å². The number of phenols is 1. The summed E-state index contributed by atoms with van der Waals surface area (Å²) in [6, 6.07) is 15.0. The number of nitrogens with zero attached hydrogens (tertiary/aromatic N) is 2. The summed E-state index contributed by atoms with van der Waals surface area (Å²) in [6.07, 6.45) is 12.5. The molecular formula is C38H49FN2O3. The van der Waals surface area contributed by atoms with Crippen molar-refractivity contribution in [2.45, 2.75) is 121 Å². The van der Waals surface area contributed by atoms with Crippen molar-refractivity contribution in [1.82, 2.24) is 4.90 Å². The van der Waals surface area contributed by atoms with Crippen molar-refractivity contribution in [1.29, 1.82) is 5.26 Å². The SMILES string of the molecule is C[C@]12C[C@H](F)[C@@H]3c4ccc(O)cc4C[C@@H](CCCCCCN(C(=O)c4ccc(C#N)cc4)C4CCCCC4)[C@H]3[C@@H]1CC[C@@H]2O. The van der Waals surface area contributed by atoms with Gasteiger partial charge in [-0.05, 0) is 122 Å². The summed E-state index contributed by atoms with van der Waals surface area (Å²) in [5.74, 6) is 1.09. The zero-order valence-electron chi connectivity index (χ0n) is 26.3. The van der Waals surface area contributed by atoms with Crippen LogP contribution in [0.1, 0.15) is 123 Å². The number of nitriles is 1. The van der Waals surface area contributed by atoms with Crippen molar-refractivity contribution in [3.05, 3.63) is 64.7 Å². The van der Waals surface area contributed by atoms with Gasteiger partial charge < -0.3 is 15.1 Å². The van der Waals surface area contributed by atoms with Gasteiger partial charge in [-0.1, -0.05) is 51.5 Å². The van der Waals surface area contributed by atoms with Gasteiger partial charge in [0.2, 0.25) is 0 Å². The summed E-state index contributed by atoms with van der Waals surface area (Å²) in [4.78, 5) is 15.7. The third kappa shape index (κ3) is 6.02. The summed E-state index contributed by atoms with van der Waals surface area (Å²) in [5, 5.41) is 30.3. The van der Waals surface area contributed by atoms with E-state index in [4.69, 9.17) is 5.26 Å². The predicted octanol–water partition coefficient (Wildman–Crippen LogP) is 8.08. The van der Waals surface area contributed by atoms with Gasteiger partial charge >= 0.3 is 0 Å². The highest BCUT2D eigenvalue weighted by atomic mass is 19.1. The Kier molecular flexibility index (Phi) is 9.34. The Balaban J connectivity index is 1.09. The molecule has 0 radical (unpaired) electrons. The number of aliphatic hydroxyl groups is 1. The molecular weight excluding hydrogens is 551 g/mol. The number of aliphatic hydroxyl groups excluding tert-OH is 1. The van der Waals surface area contributed by atoms with E-state index in [0.717, 1.165) is 81.9 Å². The minimum atomic E-state index is -0.973. The predicted molar refractivity (Wildman–Crippen MR) is 170 cm³/mol. The molecule has 3 fully saturated rings. The zero-order valence-corrected chi connectivity index (χ0v) is 26.3. The number of hydrogen-bond donors (Lipinski definition) is 2. The summed E-state index contributed by atoms with van der Waals surface area (Å²) >= 11 is 0. The van der Waals surface area contributed by atoms with Gasteiger partial charge in [-0.15, -0.1) is 0 Å². The zero-order chi connectivity index (χ0) is 30.8. The minimum Gasteiger partial charge on any atom is -0.508 e. The highest BCUT2D eigenvalue weighted by molar-refractivity contribution is 5.94. The van der Waals surface area contributed by atoms with Gasteiger partial charge in [-0.25, -0.2) is 4.39 Å². The van der Waals surface area contributed by atoms with Gasteiger partial charge in [0, 0.05) is 24.1 Å². The van der Waals surface area contributed by atoms with Crippen LogP contribution in [0.3, 0.4) is 0 Å². The number of aromatic hydroxyl groups is 1. The second-order valence-corrected chi connectivity index (χ2v) is 14.6. The third-order valence-electron chi connectivity index (χ3n) is 12.0. The number of alkyl halides is 1. The van der Waals surface area contributed by atoms with E-state index in [9.17, 15) is 15.0 Å². The van der Waals surface area contributed by atoms with Crippen LogP contribution in [0.15, 0.2) is 42.5 Å². The molecule has 4 aliphatic carbocycles. The molecule has 2 aromatic rings. The number of amides is 1. The number of benzene rings is 2. The lowest BCUT2D eigenvalue weighted by Gasteiger charge is -2.54. The molecule has 0 bridgehead atoms. The van der Waals surface area contributed by atoms with Crippen molar-refractivity contribution in [2.75, 3.05) is 6.54 Å². The average molecular weight is 601 g/mol. The molecule has 2 aromatic carbocycles. The van der Waals surface area contributed by atoms with Crippen molar-refractivity contribution >= 4 is 5.91 Å². The highest BCUT2D eigenvalue weighted by Crippen LogP contribution is 2.63. The molecule has 0 heterocycles. The molecule has 0 unspecified atom stereocenters. The Morgan fingerprint density at radius 3 is 2.52 bits per heavy atom. The molecule has 0 aliphatic heterocycles. The standard InChI is InChI=1S/C38H49FN2O3/c1-38-23-33(39)36-31-17-16-30(42)22-28(31)21-27(35(36)32(38)18-19-34(38)43)9-5-2-3-8-20-41(29-10-6-4-7-11-29)37(44)26-14-12-25(24-40)13-15-26/h12-17,22,27,29,32-36,42-43H,2-11,18-21,23H2,1H3/t27-,32+,33+,34+,35+,36+,38+/m1/s1. The monoisotopic (exact) mass is 600 g/mol. The topological polar surface area (TPSA) is 84.6 Å². The van der Waals surface area contributed by atoms with E-state index in [1.807, 2.05) is 12.1 Å². The first-order valence-electron chi connectivity index (χ1n) is 17.2. The van der Waals surface area contributed by atoms with Crippen LogP contribution in [0.25, 0.3) is 0 Å². The Hall–Kier alpha value is -2.91. The Bertz CT molecular complexity index is 1350. The number of hydrogen-bond acceptors (Lipinski definition) is 4. The Morgan fingerprint density at radius 2 is 1.77 bits per heavy atom. The van der Waals surface area contributed by atoms with Crippen molar-refractivity contribution in [2.24, 2.45) is 23.2 Å². The molecule has 44 heavy (non-hydrogen) atoms. The van der Waals surface area contributed by atoms with Crippen molar-refractivity contribution < 1.29 is 19.4 Å². The molecule has 5 nitrogen and oxygen atoms in total. The molecule has 6 rings (SSSR count). The van der Waals surface area contributed by atoms with Gasteiger partial charge in [0.15, 0.2) is 0 Å². The summed E-state index contributed by atoms with van der Waals surface area (Å²) in [7, 11) is 0. The average Bonchev–Trinajstić information content (AvgIpc) is 3.33. The fourth-order valence-electron chi connectivity index (χ4n) is 9.77. The quantitative estimate of drug-likeness (QED) is 0.285. The Labute approximate surface area is 262 Å². The van der Waals surface area contributed by atoms with Crippen LogP contribution in [0.4, 0.5) is 4.39 Å². The van der Waals surface area contributed by atoms with E-state index in [0.29, 0.717) is 35.4 Å². The number of carbonyl (C=O) groups is 1. The number of phenolic OH excluding ortho intramolecular Hbond substituents is 1. The van der Waals surface area contributed by atoms with Crippen LogP contribution in [0, 0.1) is 34.5 Å². The van der Waals surface area contributed by atoms with Crippen molar-refractivity contribution in [3.63, 3.8) is 0 Å². The van der Waals surface area contributed by atoms with E-state index < -0.39 is 12.3 Å². The smallest absolute Gasteiger partial charge is 0.254 e. The fraction of sp³-hybridized carbons (Fsp3) is 0.632. The van der Waals surface area contributed by atoms with Gasteiger partial charge in [0.25, 0.3) is 5.91 Å². The maximum Gasteiger partial charge on any atom is 0.254 e. The van der Waals surface area contributed by atoms with Gasteiger partial charge in [-0.2, -0.15) is 5.26 Å². The van der Waals surface area contributed by atoms with Crippen molar-refractivity contribution in [3.8, 4) is 11.8 Å². The summed E-state index contributed by atoms with van der Waals surface area (Å²) < 4.78 is 16.1. The summed E-state index contributed by atoms with van der Waals surface area (Å²) in [5.41, 5.74) is 3.06. The molecule has 236 valence electrons. The van der Waals surface area contributed by atoms with Gasteiger partial charge in [0.1, 0.15) is 11.9 Å². The highest BCUT2D eigenvalue weighted by Gasteiger charge is 2.59. The number of unbranched alkanes of at least 4 members (excludes halogenated alkanes) is 3. The molecule has 0 spiro atoms. The van der Waals surface area contributed by atoms with Gasteiger partial charge in [-0.3, -0.25) is 4.79 Å².